The van der Waals surface area contributed by atoms with Gasteiger partial charge in [0.25, 0.3) is 11.8 Å². The molecule has 0 aromatic heterocycles. The number of likely N-dealkylation sites (tertiary alicyclic amines) is 1. The number of para-hydroxylation sites is 1. The Morgan fingerprint density at radius 2 is 1.41 bits per heavy atom. The van der Waals surface area contributed by atoms with Gasteiger partial charge in [0, 0.05) is 13.1 Å². The molecule has 0 spiro atoms. The number of piperidine rings is 1. The highest BCUT2D eigenvalue weighted by molar-refractivity contribution is 6.45. The number of amides is 2. The number of aryl methyl sites for hydroxylation is 2. The van der Waals surface area contributed by atoms with Crippen molar-refractivity contribution in [3.05, 3.63) is 107 Å². The van der Waals surface area contributed by atoms with Gasteiger partial charge in [-0.25, -0.2) is 4.90 Å². The minimum atomic E-state index is -0.235. The molecule has 34 heavy (non-hydrogen) atoms. The van der Waals surface area contributed by atoms with Crippen molar-refractivity contribution in [3.8, 4) is 0 Å². The van der Waals surface area contributed by atoms with Crippen LogP contribution in [-0.2, 0) is 16.0 Å². The topological polar surface area (TPSA) is 40.6 Å². The lowest BCUT2D eigenvalue weighted by atomic mass is 9.89. The lowest BCUT2D eigenvalue weighted by molar-refractivity contribution is -0.120. The van der Waals surface area contributed by atoms with Gasteiger partial charge in [-0.3, -0.25) is 9.59 Å². The van der Waals surface area contributed by atoms with Crippen molar-refractivity contribution in [1.29, 1.82) is 0 Å². The molecule has 2 heterocycles. The highest BCUT2D eigenvalue weighted by Crippen LogP contribution is 2.37. The lowest BCUT2D eigenvalue weighted by Crippen LogP contribution is -2.39. The van der Waals surface area contributed by atoms with Crippen LogP contribution in [0.4, 0.5) is 5.69 Å². The van der Waals surface area contributed by atoms with Gasteiger partial charge in [0.15, 0.2) is 0 Å². The molecular formula is C30H30N2O2. The average Bonchev–Trinajstić information content (AvgIpc) is 3.12. The number of rotatable bonds is 5. The summed E-state index contributed by atoms with van der Waals surface area (Å²) < 4.78 is 0. The normalized spacial score (nSPS) is 17.1. The molecule has 0 unspecified atom stereocenters. The van der Waals surface area contributed by atoms with Crippen LogP contribution in [0.3, 0.4) is 0 Å². The van der Waals surface area contributed by atoms with Crippen LogP contribution < -0.4 is 4.90 Å². The van der Waals surface area contributed by atoms with Crippen LogP contribution in [0, 0.1) is 19.8 Å². The number of hydrogen-bond acceptors (Lipinski definition) is 3. The zero-order valence-electron chi connectivity index (χ0n) is 19.8. The average molecular weight is 451 g/mol. The Kier molecular flexibility index (Phi) is 6.06. The summed E-state index contributed by atoms with van der Waals surface area (Å²) in [4.78, 5) is 30.9. The highest BCUT2D eigenvalue weighted by Gasteiger charge is 2.43. The Morgan fingerprint density at radius 3 is 2.06 bits per heavy atom. The Labute approximate surface area is 201 Å². The molecule has 1 fully saturated rings. The second-order valence-electron chi connectivity index (χ2n) is 9.42. The first kappa shape index (κ1) is 22.1. The van der Waals surface area contributed by atoms with Crippen molar-refractivity contribution in [2.45, 2.75) is 33.1 Å². The van der Waals surface area contributed by atoms with Crippen molar-refractivity contribution < 1.29 is 9.59 Å². The second kappa shape index (κ2) is 9.30. The van der Waals surface area contributed by atoms with Gasteiger partial charge in [-0.05, 0) is 73.4 Å². The molecule has 0 radical (unpaired) electrons. The summed E-state index contributed by atoms with van der Waals surface area (Å²) in [5, 5.41) is 0. The summed E-state index contributed by atoms with van der Waals surface area (Å²) >= 11 is 0. The van der Waals surface area contributed by atoms with E-state index < -0.39 is 0 Å². The summed E-state index contributed by atoms with van der Waals surface area (Å²) in [5.41, 5.74) is 6.16. The predicted octanol–water partition coefficient (Wildman–Crippen LogP) is 5.54. The van der Waals surface area contributed by atoms with Crippen LogP contribution in [0.1, 0.15) is 35.1 Å². The van der Waals surface area contributed by atoms with Crippen LogP contribution in [-0.4, -0.2) is 29.8 Å². The molecule has 2 aliphatic rings. The third-order valence-electron chi connectivity index (χ3n) is 7.17. The van der Waals surface area contributed by atoms with Crippen LogP contribution in [0.25, 0.3) is 5.57 Å². The van der Waals surface area contributed by atoms with E-state index in [2.05, 4.69) is 36.1 Å². The molecule has 3 aromatic carbocycles. The number of imide groups is 1. The van der Waals surface area contributed by atoms with Crippen molar-refractivity contribution in [1.82, 2.24) is 4.90 Å². The maximum absolute atomic E-state index is 13.7. The molecule has 0 saturated carbocycles. The molecule has 0 atom stereocenters. The zero-order chi connectivity index (χ0) is 23.7. The van der Waals surface area contributed by atoms with Gasteiger partial charge >= 0.3 is 0 Å². The van der Waals surface area contributed by atoms with Gasteiger partial charge < -0.3 is 4.90 Å². The van der Waals surface area contributed by atoms with Crippen molar-refractivity contribution in [2.75, 3.05) is 18.0 Å². The maximum atomic E-state index is 13.7. The minimum absolute atomic E-state index is 0.217. The molecule has 172 valence electrons. The number of carbonyl (C=O) groups excluding carboxylic acids is 2. The first-order valence-corrected chi connectivity index (χ1v) is 12.1. The number of nitrogens with zero attached hydrogens (tertiary/aromatic N) is 2. The van der Waals surface area contributed by atoms with Crippen LogP contribution in [0.15, 0.2) is 84.6 Å². The lowest BCUT2D eigenvalue weighted by Gasteiger charge is -2.34. The highest BCUT2D eigenvalue weighted by atomic mass is 16.2. The van der Waals surface area contributed by atoms with E-state index in [4.69, 9.17) is 0 Å². The number of anilines is 1. The largest absolute Gasteiger partial charge is 0.366 e. The van der Waals surface area contributed by atoms with Gasteiger partial charge in [0.1, 0.15) is 5.70 Å². The molecular weight excluding hydrogens is 420 g/mol. The summed E-state index contributed by atoms with van der Waals surface area (Å²) in [6, 6.07) is 25.9. The zero-order valence-corrected chi connectivity index (χ0v) is 19.8. The summed E-state index contributed by atoms with van der Waals surface area (Å²) in [5.74, 6) is 0.133. The van der Waals surface area contributed by atoms with E-state index in [-0.39, 0.29) is 11.8 Å². The van der Waals surface area contributed by atoms with Crippen molar-refractivity contribution in [2.24, 2.45) is 5.92 Å². The Morgan fingerprint density at radius 1 is 0.765 bits per heavy atom. The molecule has 4 nitrogen and oxygen atoms in total. The fraction of sp³-hybridized carbons (Fsp3) is 0.267. The van der Waals surface area contributed by atoms with Gasteiger partial charge in [-0.15, -0.1) is 0 Å². The van der Waals surface area contributed by atoms with E-state index in [0.717, 1.165) is 43.5 Å². The Balaban J connectivity index is 1.46. The molecule has 0 N–H and O–H groups in total. The molecule has 0 bridgehead atoms. The van der Waals surface area contributed by atoms with Gasteiger partial charge in [0.05, 0.1) is 11.3 Å². The SMILES string of the molecule is Cc1ccc(C2=C(N3CCC(Cc4ccccc4)CC3)C(=O)N(c3ccccc3)C2=O)cc1C. The Hall–Kier alpha value is -3.66. The summed E-state index contributed by atoms with van der Waals surface area (Å²) in [6.45, 7) is 5.67. The van der Waals surface area contributed by atoms with Crippen LogP contribution >= 0.6 is 0 Å². The second-order valence-corrected chi connectivity index (χ2v) is 9.42. The van der Waals surface area contributed by atoms with E-state index in [1.165, 1.54) is 16.0 Å². The van der Waals surface area contributed by atoms with E-state index >= 15 is 0 Å². The third-order valence-corrected chi connectivity index (χ3v) is 7.17. The van der Waals surface area contributed by atoms with E-state index in [0.29, 0.717) is 22.9 Å². The third kappa shape index (κ3) is 4.16. The summed E-state index contributed by atoms with van der Waals surface area (Å²) in [7, 11) is 0. The van der Waals surface area contributed by atoms with Gasteiger partial charge in [-0.2, -0.15) is 0 Å². The van der Waals surface area contributed by atoms with Gasteiger partial charge in [0.2, 0.25) is 0 Å². The number of carbonyl (C=O) groups is 2. The first-order chi connectivity index (χ1) is 16.5. The fourth-order valence-corrected chi connectivity index (χ4v) is 5.09. The van der Waals surface area contributed by atoms with Crippen molar-refractivity contribution >= 4 is 23.1 Å². The quantitative estimate of drug-likeness (QED) is 0.479. The van der Waals surface area contributed by atoms with Crippen LogP contribution in [0.5, 0.6) is 0 Å². The molecule has 4 heteroatoms. The number of benzene rings is 3. The molecule has 1 saturated heterocycles. The smallest absolute Gasteiger partial charge is 0.282 e. The van der Waals surface area contributed by atoms with Crippen molar-refractivity contribution in [3.63, 3.8) is 0 Å². The number of hydrogen-bond donors (Lipinski definition) is 0. The molecule has 2 amide bonds. The molecule has 0 aliphatic carbocycles. The fourth-order valence-electron chi connectivity index (χ4n) is 5.09. The maximum Gasteiger partial charge on any atom is 0.282 e. The monoisotopic (exact) mass is 450 g/mol. The predicted molar refractivity (Wildman–Crippen MR) is 136 cm³/mol. The standard InChI is InChI=1S/C30H30N2O2/c1-21-13-14-25(19-22(21)2)27-28(30(34)32(29(27)33)26-11-7-4-8-12-26)31-17-15-24(16-18-31)20-23-9-5-3-6-10-23/h3-14,19,24H,15-18,20H2,1-2H3. The molecule has 5 rings (SSSR count). The van der Waals surface area contributed by atoms with Crippen LogP contribution in [0.2, 0.25) is 0 Å². The van der Waals surface area contributed by atoms with E-state index in [1.807, 2.05) is 61.5 Å². The first-order valence-electron chi connectivity index (χ1n) is 12.1. The van der Waals surface area contributed by atoms with E-state index in [9.17, 15) is 9.59 Å². The Bertz CT molecular complexity index is 1240. The minimum Gasteiger partial charge on any atom is -0.366 e. The molecule has 3 aromatic rings. The summed E-state index contributed by atoms with van der Waals surface area (Å²) in [6.07, 6.45) is 3.07. The van der Waals surface area contributed by atoms with Gasteiger partial charge in [-0.1, -0.05) is 66.7 Å². The molecule has 2 aliphatic heterocycles. The van der Waals surface area contributed by atoms with E-state index in [1.54, 1.807) is 0 Å².